The molecule has 31 heavy (non-hydrogen) atoms. The van der Waals surface area contributed by atoms with Gasteiger partial charge in [0.05, 0.1) is 16.8 Å². The van der Waals surface area contributed by atoms with Crippen molar-refractivity contribution >= 4 is 34.1 Å². The molecular formula is C27H25ClN2O. The van der Waals surface area contributed by atoms with Gasteiger partial charge in [0.15, 0.2) is 0 Å². The Balaban J connectivity index is 1.95. The number of pyridine rings is 1. The van der Waals surface area contributed by atoms with Gasteiger partial charge in [0, 0.05) is 21.7 Å². The summed E-state index contributed by atoms with van der Waals surface area (Å²) in [7, 11) is 0. The summed E-state index contributed by atoms with van der Waals surface area (Å²) in [5.74, 6) is -0.126. The molecule has 0 aliphatic carbocycles. The molecule has 1 N–H and O–H groups in total. The Morgan fingerprint density at radius 2 is 1.55 bits per heavy atom. The molecular weight excluding hydrogens is 404 g/mol. The van der Waals surface area contributed by atoms with E-state index in [0.717, 1.165) is 55.7 Å². The molecule has 0 fully saturated rings. The Morgan fingerprint density at radius 3 is 2.26 bits per heavy atom. The molecule has 0 saturated carbocycles. The molecule has 4 rings (SSSR count). The summed E-state index contributed by atoms with van der Waals surface area (Å²) in [5.41, 5.74) is 9.18. The Bertz CT molecular complexity index is 1320. The summed E-state index contributed by atoms with van der Waals surface area (Å²) >= 11 is 6.09. The van der Waals surface area contributed by atoms with Gasteiger partial charge in [-0.2, -0.15) is 0 Å². The van der Waals surface area contributed by atoms with Crippen molar-refractivity contribution in [3.8, 4) is 11.3 Å². The van der Waals surface area contributed by atoms with Gasteiger partial charge in [-0.15, -0.1) is 0 Å². The molecule has 156 valence electrons. The molecule has 0 bridgehead atoms. The maximum absolute atomic E-state index is 13.6. The van der Waals surface area contributed by atoms with E-state index in [-0.39, 0.29) is 5.91 Å². The fraction of sp³-hybridized carbons (Fsp3) is 0.185. The number of fused-ring (bicyclic) bond motifs is 1. The number of carbonyl (C=O) groups is 1. The summed E-state index contributed by atoms with van der Waals surface area (Å²) in [6.07, 6.45) is 0. The predicted octanol–water partition coefficient (Wildman–Crippen LogP) is 7.35. The van der Waals surface area contributed by atoms with Crippen molar-refractivity contribution in [1.29, 1.82) is 0 Å². The van der Waals surface area contributed by atoms with Crippen LogP contribution in [-0.4, -0.2) is 10.9 Å². The van der Waals surface area contributed by atoms with E-state index in [4.69, 9.17) is 16.6 Å². The van der Waals surface area contributed by atoms with E-state index in [2.05, 4.69) is 11.4 Å². The molecule has 0 atom stereocenters. The van der Waals surface area contributed by atoms with Crippen molar-refractivity contribution in [2.45, 2.75) is 34.6 Å². The second-order valence-electron chi connectivity index (χ2n) is 8.22. The van der Waals surface area contributed by atoms with Crippen molar-refractivity contribution in [2.75, 3.05) is 5.32 Å². The Hall–Kier alpha value is -3.17. The first kappa shape index (κ1) is 21.1. The van der Waals surface area contributed by atoms with Crippen LogP contribution < -0.4 is 5.32 Å². The molecule has 0 saturated heterocycles. The maximum Gasteiger partial charge on any atom is 0.256 e. The van der Waals surface area contributed by atoms with E-state index in [1.165, 1.54) is 0 Å². The van der Waals surface area contributed by atoms with E-state index in [0.29, 0.717) is 10.6 Å². The summed E-state index contributed by atoms with van der Waals surface area (Å²) < 4.78 is 0. The van der Waals surface area contributed by atoms with Gasteiger partial charge in [-0.1, -0.05) is 47.5 Å². The molecule has 0 aliphatic heterocycles. The molecule has 1 heterocycles. The SMILES string of the molecule is Cc1ccc(C)c(NC(=O)c2c(C)c(-c3ccc(Cl)cc3)nc3c(C)cc(C)cc23)c1. The molecule has 0 unspecified atom stereocenters. The lowest BCUT2D eigenvalue weighted by Gasteiger charge is -2.17. The van der Waals surface area contributed by atoms with Crippen LogP contribution in [0.25, 0.3) is 22.2 Å². The van der Waals surface area contributed by atoms with Crippen LogP contribution in [0.4, 0.5) is 5.69 Å². The maximum atomic E-state index is 13.6. The third-order valence-corrected chi connectivity index (χ3v) is 5.91. The third-order valence-electron chi connectivity index (χ3n) is 5.65. The zero-order chi connectivity index (χ0) is 22.3. The van der Waals surface area contributed by atoms with Crippen molar-refractivity contribution in [3.05, 3.63) is 93.0 Å². The molecule has 4 aromatic rings. The number of anilines is 1. The summed E-state index contributed by atoms with van der Waals surface area (Å²) in [6, 6.07) is 17.8. The molecule has 0 aliphatic rings. The Labute approximate surface area is 188 Å². The average Bonchev–Trinajstić information content (AvgIpc) is 2.71. The first-order valence-electron chi connectivity index (χ1n) is 10.3. The van der Waals surface area contributed by atoms with E-state index in [9.17, 15) is 4.79 Å². The predicted molar refractivity (Wildman–Crippen MR) is 130 cm³/mol. The van der Waals surface area contributed by atoms with Crippen molar-refractivity contribution in [3.63, 3.8) is 0 Å². The number of benzene rings is 3. The van der Waals surface area contributed by atoms with Crippen molar-refractivity contribution < 1.29 is 4.79 Å². The number of aromatic nitrogens is 1. The zero-order valence-electron chi connectivity index (χ0n) is 18.4. The van der Waals surface area contributed by atoms with E-state index in [1.54, 1.807) is 0 Å². The first-order valence-corrected chi connectivity index (χ1v) is 10.7. The highest BCUT2D eigenvalue weighted by Gasteiger charge is 2.21. The normalized spacial score (nSPS) is 11.0. The summed E-state index contributed by atoms with van der Waals surface area (Å²) in [6.45, 7) is 10.1. The van der Waals surface area contributed by atoms with Crippen LogP contribution in [0.5, 0.6) is 0 Å². The van der Waals surface area contributed by atoms with Gasteiger partial charge in [0.2, 0.25) is 0 Å². The molecule has 0 radical (unpaired) electrons. The fourth-order valence-corrected chi connectivity index (χ4v) is 4.18. The average molecular weight is 429 g/mol. The summed E-state index contributed by atoms with van der Waals surface area (Å²) in [5, 5.41) is 4.68. The minimum atomic E-state index is -0.126. The molecule has 4 heteroatoms. The number of hydrogen-bond donors (Lipinski definition) is 1. The second kappa shape index (κ2) is 8.16. The van der Waals surface area contributed by atoms with Gasteiger partial charge >= 0.3 is 0 Å². The number of halogens is 1. The first-order chi connectivity index (χ1) is 14.7. The van der Waals surface area contributed by atoms with Gasteiger partial charge in [-0.25, -0.2) is 4.98 Å². The highest BCUT2D eigenvalue weighted by molar-refractivity contribution is 6.30. The Morgan fingerprint density at radius 1 is 0.839 bits per heavy atom. The lowest BCUT2D eigenvalue weighted by atomic mass is 9.94. The van der Waals surface area contributed by atoms with Crippen LogP contribution in [0.3, 0.4) is 0 Å². The van der Waals surface area contributed by atoms with Gasteiger partial charge in [-0.05, 0) is 81.1 Å². The van der Waals surface area contributed by atoms with Crippen LogP contribution in [0.15, 0.2) is 54.6 Å². The van der Waals surface area contributed by atoms with E-state index < -0.39 is 0 Å². The number of amides is 1. The van der Waals surface area contributed by atoms with Crippen LogP contribution in [0.2, 0.25) is 5.02 Å². The number of aryl methyl sites for hydroxylation is 4. The monoisotopic (exact) mass is 428 g/mol. The zero-order valence-corrected chi connectivity index (χ0v) is 19.2. The van der Waals surface area contributed by atoms with E-state index >= 15 is 0 Å². The van der Waals surface area contributed by atoms with E-state index in [1.807, 2.05) is 83.1 Å². The molecule has 3 aromatic carbocycles. The topological polar surface area (TPSA) is 42.0 Å². The molecule has 1 aromatic heterocycles. The number of nitrogens with zero attached hydrogens (tertiary/aromatic N) is 1. The van der Waals surface area contributed by atoms with Gasteiger partial charge in [0.25, 0.3) is 5.91 Å². The Kier molecular flexibility index (Phi) is 5.55. The minimum absolute atomic E-state index is 0.126. The van der Waals surface area contributed by atoms with Crippen LogP contribution in [0, 0.1) is 34.6 Å². The van der Waals surface area contributed by atoms with Gasteiger partial charge in [0.1, 0.15) is 0 Å². The number of rotatable bonds is 3. The van der Waals surface area contributed by atoms with Gasteiger partial charge in [-0.3, -0.25) is 4.79 Å². The van der Waals surface area contributed by atoms with Crippen LogP contribution in [-0.2, 0) is 0 Å². The van der Waals surface area contributed by atoms with Gasteiger partial charge < -0.3 is 5.32 Å². The quantitative estimate of drug-likeness (QED) is 0.370. The fourth-order valence-electron chi connectivity index (χ4n) is 4.05. The smallest absolute Gasteiger partial charge is 0.256 e. The largest absolute Gasteiger partial charge is 0.322 e. The highest BCUT2D eigenvalue weighted by atomic mass is 35.5. The van der Waals surface area contributed by atoms with Crippen molar-refractivity contribution in [1.82, 2.24) is 4.98 Å². The number of carbonyl (C=O) groups excluding carboxylic acids is 1. The number of nitrogens with one attached hydrogen (secondary N) is 1. The highest BCUT2D eigenvalue weighted by Crippen LogP contribution is 2.33. The molecule has 3 nitrogen and oxygen atoms in total. The lowest BCUT2D eigenvalue weighted by Crippen LogP contribution is -2.16. The second-order valence-corrected chi connectivity index (χ2v) is 8.65. The van der Waals surface area contributed by atoms with Crippen LogP contribution >= 0.6 is 11.6 Å². The molecule has 0 spiro atoms. The molecule has 1 amide bonds. The van der Waals surface area contributed by atoms with Crippen molar-refractivity contribution in [2.24, 2.45) is 0 Å². The standard InChI is InChI=1S/C27H25ClN2O/c1-15-6-7-17(3)23(14-15)29-27(31)24-19(5)26(20-8-10-21(28)11-9-20)30-25-18(4)12-16(2)13-22(24)25/h6-14H,1-5H3,(H,29,31). The third kappa shape index (κ3) is 4.06. The minimum Gasteiger partial charge on any atom is -0.322 e. The number of hydrogen-bond acceptors (Lipinski definition) is 2. The summed E-state index contributed by atoms with van der Waals surface area (Å²) in [4.78, 5) is 18.6. The van der Waals surface area contributed by atoms with Crippen LogP contribution in [0.1, 0.15) is 38.2 Å². The lowest BCUT2D eigenvalue weighted by molar-refractivity contribution is 0.102.